The van der Waals surface area contributed by atoms with E-state index < -0.39 is 7.82 Å². The van der Waals surface area contributed by atoms with E-state index in [0.717, 1.165) is 0 Å². The van der Waals surface area contributed by atoms with E-state index in [-0.39, 0.29) is 11.9 Å². The van der Waals surface area contributed by atoms with Gasteiger partial charge in [0.2, 0.25) is 0 Å². The summed E-state index contributed by atoms with van der Waals surface area (Å²) in [6.07, 6.45) is 0. The van der Waals surface area contributed by atoms with Crippen LogP contribution >= 0.6 is 7.82 Å². The van der Waals surface area contributed by atoms with Gasteiger partial charge in [-0.15, -0.1) is 0 Å². The van der Waals surface area contributed by atoms with E-state index in [2.05, 4.69) is 22.6 Å². The number of ether oxygens (including phenoxy) is 2. The molecule has 0 heterocycles. The molecule has 0 saturated carbocycles. The summed E-state index contributed by atoms with van der Waals surface area (Å²) in [6, 6.07) is 0. The molecule has 124 valence electrons. The predicted molar refractivity (Wildman–Crippen MR) is 77.2 cm³/mol. The third kappa shape index (κ3) is 32.2. The molecule has 0 aromatic heterocycles. The quantitative estimate of drug-likeness (QED) is 0.400. The van der Waals surface area contributed by atoms with E-state index in [1.807, 2.05) is 0 Å². The second-order valence-corrected chi connectivity index (χ2v) is 4.54. The zero-order chi connectivity index (χ0) is 17.6. The first-order valence-electron chi connectivity index (χ1n) is 5.80. The summed E-state index contributed by atoms with van der Waals surface area (Å²) < 4.78 is 18.0. The van der Waals surface area contributed by atoms with E-state index in [1.54, 1.807) is 27.7 Å². The number of hydrogen-bond donors (Lipinski definition) is 3. The van der Waals surface area contributed by atoms with Crippen LogP contribution in [0.3, 0.4) is 0 Å². The molecule has 9 heteroatoms. The van der Waals surface area contributed by atoms with Crippen LogP contribution in [0.15, 0.2) is 24.3 Å². The van der Waals surface area contributed by atoms with E-state index in [4.69, 9.17) is 19.2 Å². The maximum atomic E-state index is 10.4. The fraction of sp³-hybridized carbons (Fsp3) is 0.500. The summed E-state index contributed by atoms with van der Waals surface area (Å²) in [5.74, 6) is -0.625. The van der Waals surface area contributed by atoms with Crippen molar-refractivity contribution in [1.29, 1.82) is 0 Å². The molecule has 0 saturated heterocycles. The number of carbonyl (C=O) groups excluding carboxylic acids is 2. The van der Waals surface area contributed by atoms with E-state index in [1.165, 1.54) is 0 Å². The van der Waals surface area contributed by atoms with Crippen molar-refractivity contribution >= 4 is 19.8 Å². The van der Waals surface area contributed by atoms with Crippen molar-refractivity contribution in [3.63, 3.8) is 0 Å². The van der Waals surface area contributed by atoms with E-state index >= 15 is 0 Å². The molecule has 0 aliphatic rings. The number of rotatable bonds is 4. The van der Waals surface area contributed by atoms with Crippen LogP contribution in [0.5, 0.6) is 0 Å². The van der Waals surface area contributed by atoms with Crippen molar-refractivity contribution in [3.05, 3.63) is 24.3 Å². The van der Waals surface area contributed by atoms with Gasteiger partial charge in [0.05, 0.1) is 13.2 Å². The van der Waals surface area contributed by atoms with Gasteiger partial charge in [0.25, 0.3) is 0 Å². The molecule has 0 aromatic rings. The normalized spacial score (nSPS) is 9.10. The van der Waals surface area contributed by atoms with Gasteiger partial charge in [0.1, 0.15) is 0 Å². The molecule has 0 atom stereocenters. The van der Waals surface area contributed by atoms with Crippen molar-refractivity contribution in [2.24, 2.45) is 0 Å². The Morgan fingerprint density at radius 3 is 1.14 bits per heavy atom. The molecule has 3 N–H and O–H groups in total. The van der Waals surface area contributed by atoms with Crippen LogP contribution in [0, 0.1) is 0 Å². The SMILES string of the molecule is C=C(C)C(=O)OCC.C=C(C)C(=O)OCC.O=P(O)(O)O. The lowest BCUT2D eigenvalue weighted by Gasteiger charge is -1.96. The van der Waals surface area contributed by atoms with E-state index in [0.29, 0.717) is 24.4 Å². The van der Waals surface area contributed by atoms with Gasteiger partial charge in [-0.05, 0) is 27.7 Å². The monoisotopic (exact) mass is 326 g/mol. The Kier molecular flexibility index (Phi) is 15.8. The van der Waals surface area contributed by atoms with Crippen LogP contribution in [0.4, 0.5) is 0 Å². The van der Waals surface area contributed by atoms with Crippen molar-refractivity contribution in [2.75, 3.05) is 13.2 Å². The summed E-state index contributed by atoms with van der Waals surface area (Å²) in [4.78, 5) is 42.4. The first-order chi connectivity index (χ1) is 9.36. The maximum Gasteiger partial charge on any atom is 0.466 e. The molecule has 0 aliphatic carbocycles. The minimum absolute atomic E-state index is 0.312. The minimum atomic E-state index is -4.64. The van der Waals surface area contributed by atoms with Crippen molar-refractivity contribution in [1.82, 2.24) is 0 Å². The largest absolute Gasteiger partial charge is 0.466 e. The molecule has 0 unspecified atom stereocenters. The Bertz CT molecular complexity index is 360. The first kappa shape index (κ1) is 24.5. The van der Waals surface area contributed by atoms with Gasteiger partial charge in [-0.25, -0.2) is 14.2 Å². The Labute approximate surface area is 124 Å². The molecule has 0 spiro atoms. The average Bonchev–Trinajstić information content (AvgIpc) is 2.28. The highest BCUT2D eigenvalue weighted by molar-refractivity contribution is 7.45. The van der Waals surface area contributed by atoms with Gasteiger partial charge in [-0.3, -0.25) is 0 Å². The molecule has 0 aromatic carbocycles. The van der Waals surface area contributed by atoms with Crippen LogP contribution in [0.2, 0.25) is 0 Å². The Balaban J connectivity index is -0.000000239. The summed E-state index contributed by atoms with van der Waals surface area (Å²) >= 11 is 0. The average molecular weight is 326 g/mol. The topological polar surface area (TPSA) is 130 Å². The highest BCUT2D eigenvalue weighted by atomic mass is 31.2. The summed E-state index contributed by atoms with van der Waals surface area (Å²) in [5, 5.41) is 0. The Morgan fingerprint density at radius 1 is 0.905 bits per heavy atom. The second kappa shape index (κ2) is 13.5. The van der Waals surface area contributed by atoms with Gasteiger partial charge in [-0.2, -0.15) is 0 Å². The number of phosphoric acid groups is 1. The van der Waals surface area contributed by atoms with Gasteiger partial charge in [0, 0.05) is 11.1 Å². The zero-order valence-electron chi connectivity index (χ0n) is 12.7. The number of esters is 2. The van der Waals surface area contributed by atoms with Crippen molar-refractivity contribution < 1.29 is 38.3 Å². The summed E-state index contributed by atoms with van der Waals surface area (Å²) in [6.45, 7) is 14.4. The number of carbonyl (C=O) groups is 2. The van der Waals surface area contributed by atoms with Crippen molar-refractivity contribution in [2.45, 2.75) is 27.7 Å². The maximum absolute atomic E-state index is 10.4. The lowest BCUT2D eigenvalue weighted by atomic mass is 10.4. The lowest BCUT2D eigenvalue weighted by molar-refractivity contribution is -0.139. The Hall–Kier alpha value is -1.47. The zero-order valence-corrected chi connectivity index (χ0v) is 13.6. The van der Waals surface area contributed by atoms with E-state index in [9.17, 15) is 9.59 Å². The summed E-state index contributed by atoms with van der Waals surface area (Å²) in [5.41, 5.74) is 0.902. The standard InChI is InChI=1S/2C6H10O2.H3O4P/c2*1-4-8-6(7)5(2)3;1-5(2,3)4/h2*2,4H2,1,3H3;(H3,1,2,3,4). The smallest absolute Gasteiger partial charge is 0.463 e. The highest BCUT2D eigenvalue weighted by Crippen LogP contribution is 2.25. The second-order valence-electron chi connectivity index (χ2n) is 3.51. The summed E-state index contributed by atoms with van der Waals surface area (Å²) in [7, 11) is -4.64. The van der Waals surface area contributed by atoms with Crippen molar-refractivity contribution in [3.8, 4) is 0 Å². The van der Waals surface area contributed by atoms with Gasteiger partial charge in [0.15, 0.2) is 0 Å². The van der Waals surface area contributed by atoms with Crippen LogP contribution < -0.4 is 0 Å². The lowest BCUT2D eigenvalue weighted by Crippen LogP contribution is -2.03. The predicted octanol–water partition coefficient (Wildman–Crippen LogP) is 1.32. The van der Waals surface area contributed by atoms with Gasteiger partial charge in [-0.1, -0.05) is 13.2 Å². The molecular formula is C12H23O8P. The third-order valence-corrected chi connectivity index (χ3v) is 1.25. The molecular weight excluding hydrogens is 303 g/mol. The molecule has 21 heavy (non-hydrogen) atoms. The molecule has 0 radical (unpaired) electrons. The number of hydrogen-bond acceptors (Lipinski definition) is 5. The molecule has 0 amide bonds. The molecule has 0 rings (SSSR count). The van der Waals surface area contributed by atoms with Crippen LogP contribution in [-0.2, 0) is 23.6 Å². The third-order valence-electron chi connectivity index (χ3n) is 1.25. The molecule has 0 fully saturated rings. The van der Waals surface area contributed by atoms with Crippen LogP contribution in [0.25, 0.3) is 0 Å². The first-order valence-corrected chi connectivity index (χ1v) is 7.36. The Morgan fingerprint density at radius 2 is 1.10 bits per heavy atom. The fourth-order valence-electron chi connectivity index (χ4n) is 0.509. The minimum Gasteiger partial charge on any atom is -0.463 e. The van der Waals surface area contributed by atoms with Crippen LogP contribution in [-0.4, -0.2) is 39.8 Å². The van der Waals surface area contributed by atoms with Crippen LogP contribution in [0.1, 0.15) is 27.7 Å². The molecule has 0 bridgehead atoms. The highest BCUT2D eigenvalue weighted by Gasteiger charge is 2.00. The van der Waals surface area contributed by atoms with Gasteiger partial charge < -0.3 is 24.2 Å². The van der Waals surface area contributed by atoms with Gasteiger partial charge >= 0.3 is 19.8 Å². The fourth-order valence-corrected chi connectivity index (χ4v) is 0.509. The molecule has 8 nitrogen and oxygen atoms in total. The molecule has 0 aliphatic heterocycles.